The van der Waals surface area contributed by atoms with Gasteiger partial charge in [0.25, 0.3) is 0 Å². The largest absolute Gasteiger partial charge is 0.338 e. The lowest BCUT2D eigenvalue weighted by Gasteiger charge is -2.42. The third-order valence-corrected chi connectivity index (χ3v) is 7.47. The molecule has 1 aromatic rings. The Kier molecular flexibility index (Phi) is 7.20. The number of amides is 1. The number of hydrogen-bond acceptors (Lipinski definition) is 4. The van der Waals surface area contributed by atoms with Gasteiger partial charge in [0.2, 0.25) is 5.91 Å². The van der Waals surface area contributed by atoms with Crippen LogP contribution in [-0.2, 0) is 11.3 Å². The predicted octanol–water partition coefficient (Wildman–Crippen LogP) is 3.41. The lowest BCUT2D eigenvalue weighted by atomic mass is 9.92. The Morgan fingerprint density at radius 3 is 2.31 bits per heavy atom. The molecular weight excluding hydrogens is 360 g/mol. The first kappa shape index (κ1) is 20.8. The van der Waals surface area contributed by atoms with E-state index in [-0.39, 0.29) is 5.92 Å². The molecule has 0 aromatic carbocycles. The molecule has 0 unspecified atom stereocenters. The topological polar surface area (TPSA) is 39.7 Å². The van der Waals surface area contributed by atoms with E-state index in [9.17, 15) is 4.79 Å². The predicted molar refractivity (Wildman–Crippen MR) is 116 cm³/mol. The standard InChI is InChI=1S/C24H38N4O/c1-26-14-10-23(11-15-26)27-16-8-21(9-17-27)19-28(18-20-6-12-25-13-7-20)24(29)22-4-2-3-5-22/h6-7,12-13,21-23H,2-5,8-11,14-19H2,1H3. The zero-order valence-electron chi connectivity index (χ0n) is 18.1. The van der Waals surface area contributed by atoms with Gasteiger partial charge in [-0.25, -0.2) is 0 Å². The van der Waals surface area contributed by atoms with Gasteiger partial charge in [-0.05, 0) is 95.4 Å². The molecule has 29 heavy (non-hydrogen) atoms. The summed E-state index contributed by atoms with van der Waals surface area (Å²) in [5.41, 5.74) is 1.20. The Morgan fingerprint density at radius 2 is 1.66 bits per heavy atom. The quantitative estimate of drug-likeness (QED) is 0.736. The lowest BCUT2D eigenvalue weighted by molar-refractivity contribution is -0.137. The van der Waals surface area contributed by atoms with Gasteiger partial charge in [0, 0.05) is 37.4 Å². The van der Waals surface area contributed by atoms with Crippen molar-refractivity contribution in [1.82, 2.24) is 19.7 Å². The molecule has 1 amide bonds. The number of piperidine rings is 2. The molecule has 160 valence electrons. The van der Waals surface area contributed by atoms with Crippen molar-refractivity contribution in [2.45, 2.75) is 64.0 Å². The maximum absolute atomic E-state index is 13.3. The summed E-state index contributed by atoms with van der Waals surface area (Å²) < 4.78 is 0. The van der Waals surface area contributed by atoms with Crippen LogP contribution in [0.25, 0.3) is 0 Å². The smallest absolute Gasteiger partial charge is 0.225 e. The molecule has 0 bridgehead atoms. The third kappa shape index (κ3) is 5.58. The van der Waals surface area contributed by atoms with E-state index >= 15 is 0 Å². The first-order valence-electron chi connectivity index (χ1n) is 11.8. The molecule has 2 saturated heterocycles. The van der Waals surface area contributed by atoms with Crippen LogP contribution in [0, 0.1) is 11.8 Å². The maximum atomic E-state index is 13.3. The minimum absolute atomic E-state index is 0.260. The van der Waals surface area contributed by atoms with Gasteiger partial charge >= 0.3 is 0 Å². The average Bonchev–Trinajstić information content (AvgIpc) is 3.30. The summed E-state index contributed by atoms with van der Waals surface area (Å²) in [6.07, 6.45) is 13.4. The van der Waals surface area contributed by atoms with Gasteiger partial charge in [-0.15, -0.1) is 0 Å². The Hall–Kier alpha value is -1.46. The van der Waals surface area contributed by atoms with Crippen molar-refractivity contribution < 1.29 is 4.79 Å². The van der Waals surface area contributed by atoms with Crippen LogP contribution in [0.1, 0.15) is 56.9 Å². The molecule has 0 spiro atoms. The van der Waals surface area contributed by atoms with Crippen molar-refractivity contribution in [1.29, 1.82) is 0 Å². The van der Waals surface area contributed by atoms with Crippen molar-refractivity contribution >= 4 is 5.91 Å². The number of hydrogen-bond donors (Lipinski definition) is 0. The Labute approximate surface area is 176 Å². The molecule has 0 radical (unpaired) electrons. The number of likely N-dealkylation sites (tertiary alicyclic amines) is 2. The second-order valence-electron chi connectivity index (χ2n) is 9.57. The monoisotopic (exact) mass is 398 g/mol. The second-order valence-corrected chi connectivity index (χ2v) is 9.57. The van der Waals surface area contributed by atoms with Gasteiger partial charge < -0.3 is 14.7 Å². The second kappa shape index (κ2) is 10.0. The number of nitrogens with zero attached hydrogens (tertiary/aromatic N) is 4. The van der Waals surface area contributed by atoms with Crippen LogP contribution < -0.4 is 0 Å². The van der Waals surface area contributed by atoms with Gasteiger partial charge in [-0.1, -0.05) is 12.8 Å². The molecule has 3 fully saturated rings. The summed E-state index contributed by atoms with van der Waals surface area (Å²) in [5.74, 6) is 1.30. The molecular formula is C24H38N4O. The molecule has 3 aliphatic rings. The van der Waals surface area contributed by atoms with E-state index in [1.807, 2.05) is 12.4 Å². The number of carbonyl (C=O) groups excluding carboxylic acids is 1. The Morgan fingerprint density at radius 1 is 1.00 bits per heavy atom. The van der Waals surface area contributed by atoms with Crippen molar-refractivity contribution in [3.8, 4) is 0 Å². The van der Waals surface area contributed by atoms with Crippen LogP contribution in [0.15, 0.2) is 24.5 Å². The number of rotatable bonds is 6. The zero-order valence-corrected chi connectivity index (χ0v) is 18.1. The van der Waals surface area contributed by atoms with Crippen LogP contribution in [0.2, 0.25) is 0 Å². The first-order chi connectivity index (χ1) is 14.2. The minimum Gasteiger partial charge on any atom is -0.338 e. The highest BCUT2D eigenvalue weighted by molar-refractivity contribution is 5.79. The Balaban J connectivity index is 1.33. The normalized spacial score (nSPS) is 23.5. The SMILES string of the molecule is CN1CCC(N2CCC(CN(Cc3ccncc3)C(=O)C3CCCC3)CC2)CC1. The fraction of sp³-hybridized carbons (Fsp3) is 0.750. The van der Waals surface area contributed by atoms with Gasteiger partial charge in [0.1, 0.15) is 0 Å². The van der Waals surface area contributed by atoms with Crippen molar-refractivity contribution in [3.05, 3.63) is 30.1 Å². The molecule has 5 nitrogen and oxygen atoms in total. The summed E-state index contributed by atoms with van der Waals surface area (Å²) in [6.45, 7) is 6.56. The summed E-state index contributed by atoms with van der Waals surface area (Å²) in [4.78, 5) is 24.8. The molecule has 0 atom stereocenters. The first-order valence-corrected chi connectivity index (χ1v) is 11.8. The maximum Gasteiger partial charge on any atom is 0.225 e. The third-order valence-electron chi connectivity index (χ3n) is 7.47. The molecule has 4 rings (SSSR count). The fourth-order valence-electron chi connectivity index (χ4n) is 5.54. The summed E-state index contributed by atoms with van der Waals surface area (Å²) in [5, 5.41) is 0. The molecule has 5 heteroatoms. The fourth-order valence-corrected chi connectivity index (χ4v) is 5.54. The molecule has 1 saturated carbocycles. The zero-order chi connectivity index (χ0) is 20.1. The lowest BCUT2D eigenvalue weighted by Crippen LogP contribution is -2.48. The van der Waals surface area contributed by atoms with E-state index in [0.717, 1.165) is 32.0 Å². The highest BCUT2D eigenvalue weighted by atomic mass is 16.2. The van der Waals surface area contributed by atoms with Gasteiger partial charge in [-0.3, -0.25) is 9.78 Å². The molecule has 1 aromatic heterocycles. The Bertz CT molecular complexity index is 630. The molecule has 1 aliphatic carbocycles. The van der Waals surface area contributed by atoms with Crippen molar-refractivity contribution in [2.75, 3.05) is 39.8 Å². The molecule has 0 N–H and O–H groups in total. The van der Waals surface area contributed by atoms with Gasteiger partial charge in [0.05, 0.1) is 0 Å². The van der Waals surface area contributed by atoms with Crippen LogP contribution in [0.5, 0.6) is 0 Å². The van der Waals surface area contributed by atoms with Crippen LogP contribution in [0.4, 0.5) is 0 Å². The van der Waals surface area contributed by atoms with Crippen LogP contribution >= 0.6 is 0 Å². The highest BCUT2D eigenvalue weighted by Crippen LogP contribution is 2.29. The summed E-state index contributed by atoms with van der Waals surface area (Å²) >= 11 is 0. The van der Waals surface area contributed by atoms with E-state index in [1.54, 1.807) is 0 Å². The minimum atomic E-state index is 0.260. The van der Waals surface area contributed by atoms with Crippen LogP contribution in [0.3, 0.4) is 0 Å². The van der Waals surface area contributed by atoms with E-state index in [4.69, 9.17) is 0 Å². The van der Waals surface area contributed by atoms with E-state index in [1.165, 1.54) is 70.3 Å². The summed E-state index contributed by atoms with van der Waals surface area (Å²) in [7, 11) is 2.24. The highest BCUT2D eigenvalue weighted by Gasteiger charge is 2.31. The number of carbonyl (C=O) groups is 1. The van der Waals surface area contributed by atoms with Crippen LogP contribution in [-0.4, -0.2) is 71.4 Å². The van der Waals surface area contributed by atoms with E-state index in [0.29, 0.717) is 11.8 Å². The van der Waals surface area contributed by atoms with Gasteiger partial charge in [0.15, 0.2) is 0 Å². The van der Waals surface area contributed by atoms with Gasteiger partial charge in [-0.2, -0.15) is 0 Å². The summed E-state index contributed by atoms with van der Waals surface area (Å²) in [6, 6.07) is 4.88. The molecule has 2 aliphatic heterocycles. The van der Waals surface area contributed by atoms with E-state index < -0.39 is 0 Å². The van der Waals surface area contributed by atoms with E-state index in [2.05, 4.69) is 38.9 Å². The molecule has 3 heterocycles. The average molecular weight is 399 g/mol. The number of pyridine rings is 1. The van der Waals surface area contributed by atoms with Crippen molar-refractivity contribution in [3.63, 3.8) is 0 Å². The van der Waals surface area contributed by atoms with Crippen molar-refractivity contribution in [2.24, 2.45) is 11.8 Å². The number of aromatic nitrogens is 1.